The summed E-state index contributed by atoms with van der Waals surface area (Å²) in [6.45, 7) is 0.719. The fourth-order valence-electron chi connectivity index (χ4n) is 3.20. The van der Waals surface area contributed by atoms with E-state index in [1.807, 2.05) is 0 Å². The predicted octanol–water partition coefficient (Wildman–Crippen LogP) is 4.12. The molecule has 3 rings (SSSR count). The van der Waals surface area contributed by atoms with Crippen LogP contribution in [0.25, 0.3) is 0 Å². The van der Waals surface area contributed by atoms with E-state index >= 15 is 0 Å². The van der Waals surface area contributed by atoms with E-state index in [9.17, 15) is 18.4 Å². The first-order chi connectivity index (χ1) is 13.4. The molecule has 148 valence electrons. The van der Waals surface area contributed by atoms with Crippen molar-refractivity contribution in [3.05, 3.63) is 58.6 Å². The summed E-state index contributed by atoms with van der Waals surface area (Å²) in [7, 11) is 1.47. The van der Waals surface area contributed by atoms with Crippen LogP contribution in [0.4, 0.5) is 14.5 Å². The Labute approximate surface area is 166 Å². The Morgan fingerprint density at radius 3 is 2.57 bits per heavy atom. The molecule has 1 aliphatic heterocycles. The van der Waals surface area contributed by atoms with Crippen LogP contribution >= 0.6 is 11.6 Å². The molecule has 2 amide bonds. The molecular formula is C20H19ClF2N2O3. The summed E-state index contributed by atoms with van der Waals surface area (Å²) in [6, 6.07) is 8.43. The molecule has 0 spiro atoms. The molecule has 5 nitrogen and oxygen atoms in total. The second-order valence-electron chi connectivity index (χ2n) is 6.50. The van der Waals surface area contributed by atoms with E-state index in [4.69, 9.17) is 16.3 Å². The topological polar surface area (TPSA) is 58.6 Å². The van der Waals surface area contributed by atoms with E-state index in [-0.39, 0.29) is 11.6 Å². The number of likely N-dealkylation sites (tertiary alicyclic amines) is 1. The van der Waals surface area contributed by atoms with Crippen LogP contribution < -0.4 is 10.1 Å². The van der Waals surface area contributed by atoms with Gasteiger partial charge in [-0.15, -0.1) is 0 Å². The molecule has 1 fully saturated rings. The number of carbonyl (C=O) groups is 2. The van der Waals surface area contributed by atoms with Gasteiger partial charge in [0.15, 0.2) is 11.6 Å². The molecule has 0 saturated carbocycles. The van der Waals surface area contributed by atoms with Gasteiger partial charge in [-0.1, -0.05) is 17.7 Å². The van der Waals surface area contributed by atoms with Gasteiger partial charge in [0, 0.05) is 24.0 Å². The van der Waals surface area contributed by atoms with Gasteiger partial charge in [0.25, 0.3) is 5.91 Å². The molecule has 0 unspecified atom stereocenters. The van der Waals surface area contributed by atoms with Crippen LogP contribution in [-0.2, 0) is 4.79 Å². The summed E-state index contributed by atoms with van der Waals surface area (Å²) in [6.07, 6.45) is 0.828. The SMILES string of the molecule is COc1ccc(Cl)cc1C(=O)N1CCC(C(=O)Nc2cccc(F)c2F)CC1. The van der Waals surface area contributed by atoms with Crippen LogP contribution in [0, 0.1) is 17.6 Å². The average Bonchev–Trinajstić information content (AvgIpc) is 2.71. The smallest absolute Gasteiger partial charge is 0.257 e. The molecule has 2 aromatic rings. The zero-order valence-electron chi connectivity index (χ0n) is 15.2. The maximum absolute atomic E-state index is 13.7. The van der Waals surface area contributed by atoms with Crippen LogP contribution in [0.1, 0.15) is 23.2 Å². The number of nitrogens with one attached hydrogen (secondary N) is 1. The lowest BCUT2D eigenvalue weighted by Crippen LogP contribution is -2.41. The van der Waals surface area contributed by atoms with Crippen LogP contribution in [0.5, 0.6) is 5.75 Å². The van der Waals surface area contributed by atoms with Gasteiger partial charge < -0.3 is 15.0 Å². The zero-order chi connectivity index (χ0) is 20.3. The third-order valence-electron chi connectivity index (χ3n) is 4.75. The van der Waals surface area contributed by atoms with Gasteiger partial charge in [0.05, 0.1) is 18.4 Å². The van der Waals surface area contributed by atoms with Crippen molar-refractivity contribution in [3.63, 3.8) is 0 Å². The summed E-state index contributed by atoms with van der Waals surface area (Å²) in [5.74, 6) is -2.69. The number of rotatable bonds is 4. The largest absolute Gasteiger partial charge is 0.496 e. The van der Waals surface area contributed by atoms with Gasteiger partial charge >= 0.3 is 0 Å². The van der Waals surface area contributed by atoms with Gasteiger partial charge in [-0.3, -0.25) is 9.59 Å². The molecule has 1 aliphatic rings. The maximum Gasteiger partial charge on any atom is 0.257 e. The van der Waals surface area contributed by atoms with Crippen molar-refractivity contribution < 1.29 is 23.1 Å². The summed E-state index contributed by atoms with van der Waals surface area (Å²) >= 11 is 5.99. The number of halogens is 3. The van der Waals surface area contributed by atoms with Crippen molar-refractivity contribution in [3.8, 4) is 5.75 Å². The molecule has 28 heavy (non-hydrogen) atoms. The molecule has 0 bridgehead atoms. The number of benzene rings is 2. The summed E-state index contributed by atoms with van der Waals surface area (Å²) < 4.78 is 32.2. The van der Waals surface area contributed by atoms with E-state index in [1.54, 1.807) is 23.1 Å². The first-order valence-electron chi connectivity index (χ1n) is 8.78. The van der Waals surface area contributed by atoms with Crippen LogP contribution in [0.15, 0.2) is 36.4 Å². The third-order valence-corrected chi connectivity index (χ3v) is 4.99. The van der Waals surface area contributed by atoms with Gasteiger partial charge in [0.1, 0.15) is 5.75 Å². The quantitative estimate of drug-likeness (QED) is 0.828. The van der Waals surface area contributed by atoms with Crippen LogP contribution in [0.3, 0.4) is 0 Å². The van der Waals surface area contributed by atoms with E-state index in [0.717, 1.165) is 6.07 Å². The molecule has 1 N–H and O–H groups in total. The Bertz CT molecular complexity index is 899. The molecule has 1 heterocycles. The highest BCUT2D eigenvalue weighted by Gasteiger charge is 2.29. The fraction of sp³-hybridized carbons (Fsp3) is 0.300. The van der Waals surface area contributed by atoms with Gasteiger partial charge in [-0.25, -0.2) is 8.78 Å². The molecule has 0 radical (unpaired) electrons. The highest BCUT2D eigenvalue weighted by Crippen LogP contribution is 2.27. The molecule has 8 heteroatoms. The first-order valence-corrected chi connectivity index (χ1v) is 9.16. The van der Waals surface area contributed by atoms with Crippen molar-refractivity contribution in [2.45, 2.75) is 12.8 Å². The van der Waals surface area contributed by atoms with E-state index in [0.29, 0.717) is 42.3 Å². The Hall–Kier alpha value is -2.67. The Morgan fingerprint density at radius 1 is 1.18 bits per heavy atom. The standard InChI is InChI=1S/C20H19ClF2N2O3/c1-28-17-6-5-13(21)11-14(17)20(27)25-9-7-12(8-10-25)19(26)24-16-4-2-3-15(22)18(16)23/h2-6,11-12H,7-10H2,1H3,(H,24,26). The molecule has 2 aromatic carbocycles. The first kappa shape index (κ1) is 20.1. The number of carbonyl (C=O) groups excluding carboxylic acids is 2. The Morgan fingerprint density at radius 2 is 1.89 bits per heavy atom. The lowest BCUT2D eigenvalue weighted by molar-refractivity contribution is -0.121. The highest BCUT2D eigenvalue weighted by molar-refractivity contribution is 6.31. The number of methoxy groups -OCH3 is 1. The minimum absolute atomic E-state index is 0.188. The summed E-state index contributed by atoms with van der Waals surface area (Å²) in [5, 5.41) is 2.85. The summed E-state index contributed by atoms with van der Waals surface area (Å²) in [4.78, 5) is 26.8. The van der Waals surface area contributed by atoms with E-state index in [2.05, 4.69) is 5.32 Å². The number of piperidine rings is 1. The number of amides is 2. The van der Waals surface area contributed by atoms with Crippen LogP contribution in [-0.4, -0.2) is 36.9 Å². The Kier molecular flexibility index (Phi) is 6.14. The van der Waals surface area contributed by atoms with Crippen molar-refractivity contribution in [2.24, 2.45) is 5.92 Å². The molecule has 1 saturated heterocycles. The molecule has 0 aromatic heterocycles. The minimum Gasteiger partial charge on any atom is -0.496 e. The van der Waals surface area contributed by atoms with Crippen molar-refractivity contribution in [1.29, 1.82) is 0 Å². The number of hydrogen-bond acceptors (Lipinski definition) is 3. The summed E-state index contributed by atoms with van der Waals surface area (Å²) in [5.41, 5.74) is 0.173. The molecule has 0 aliphatic carbocycles. The van der Waals surface area contributed by atoms with Crippen molar-refractivity contribution >= 4 is 29.1 Å². The third kappa shape index (κ3) is 4.25. The van der Waals surface area contributed by atoms with Gasteiger partial charge in [-0.2, -0.15) is 0 Å². The average molecular weight is 409 g/mol. The second kappa shape index (κ2) is 8.56. The fourth-order valence-corrected chi connectivity index (χ4v) is 3.37. The zero-order valence-corrected chi connectivity index (χ0v) is 15.9. The number of ether oxygens (including phenoxy) is 1. The predicted molar refractivity (Wildman–Crippen MR) is 102 cm³/mol. The number of nitrogens with zero attached hydrogens (tertiary/aromatic N) is 1. The van der Waals surface area contributed by atoms with Crippen molar-refractivity contribution in [2.75, 3.05) is 25.5 Å². The maximum atomic E-state index is 13.7. The van der Waals surface area contributed by atoms with E-state index in [1.165, 1.54) is 19.2 Å². The number of anilines is 1. The van der Waals surface area contributed by atoms with Gasteiger partial charge in [0.2, 0.25) is 5.91 Å². The minimum atomic E-state index is -1.09. The monoisotopic (exact) mass is 408 g/mol. The van der Waals surface area contributed by atoms with Crippen LogP contribution in [0.2, 0.25) is 5.02 Å². The highest BCUT2D eigenvalue weighted by atomic mass is 35.5. The molecular weight excluding hydrogens is 390 g/mol. The number of hydrogen-bond donors (Lipinski definition) is 1. The lowest BCUT2D eigenvalue weighted by atomic mass is 9.95. The van der Waals surface area contributed by atoms with E-state index < -0.39 is 23.5 Å². The van der Waals surface area contributed by atoms with Gasteiger partial charge in [-0.05, 0) is 43.2 Å². The second-order valence-corrected chi connectivity index (χ2v) is 6.94. The Balaban J connectivity index is 1.63. The molecule has 0 atom stereocenters. The lowest BCUT2D eigenvalue weighted by Gasteiger charge is -2.31. The van der Waals surface area contributed by atoms with Crippen molar-refractivity contribution in [1.82, 2.24) is 4.90 Å². The normalized spacial score (nSPS) is 14.6.